The Morgan fingerprint density at radius 1 is 1.57 bits per heavy atom. The van der Waals surface area contributed by atoms with Crippen molar-refractivity contribution in [1.29, 1.82) is 0 Å². The Hall–Kier alpha value is -1.05. The van der Waals surface area contributed by atoms with E-state index in [1.807, 2.05) is 17.8 Å². The third kappa shape index (κ3) is 1.89. The van der Waals surface area contributed by atoms with Crippen molar-refractivity contribution in [2.24, 2.45) is 7.05 Å². The molecule has 0 saturated heterocycles. The zero-order valence-electron chi connectivity index (χ0n) is 7.57. The summed E-state index contributed by atoms with van der Waals surface area (Å²) in [5.41, 5.74) is 0.864. The normalized spacial score (nSPS) is 10.4. The third-order valence-corrected chi connectivity index (χ3v) is 2.84. The highest BCUT2D eigenvalue weighted by atomic mass is 127. The van der Waals surface area contributed by atoms with Crippen LogP contribution in [0, 0.1) is 3.70 Å². The summed E-state index contributed by atoms with van der Waals surface area (Å²) in [7, 11) is 1.96. The smallest absolute Gasteiger partial charge is 0.203 e. The van der Waals surface area contributed by atoms with E-state index in [1.54, 1.807) is 6.26 Å². The van der Waals surface area contributed by atoms with Gasteiger partial charge in [-0.05, 0) is 22.6 Å². The first-order valence-corrected chi connectivity index (χ1v) is 5.13. The van der Waals surface area contributed by atoms with Crippen LogP contribution < -0.4 is 5.32 Å². The predicted molar refractivity (Wildman–Crippen MR) is 59.8 cm³/mol. The molecule has 0 aromatic carbocycles. The molecule has 2 aromatic rings. The highest BCUT2D eigenvalue weighted by Gasteiger charge is 2.03. The van der Waals surface area contributed by atoms with Crippen molar-refractivity contribution in [3.63, 3.8) is 0 Å². The predicted octanol–water partition coefficient (Wildman–Crippen LogP) is 1.62. The summed E-state index contributed by atoms with van der Waals surface area (Å²) in [4.78, 5) is 8.20. The van der Waals surface area contributed by atoms with Gasteiger partial charge in [0, 0.05) is 7.05 Å². The fourth-order valence-corrected chi connectivity index (χ4v) is 1.42. The van der Waals surface area contributed by atoms with Gasteiger partial charge in [-0.25, -0.2) is 9.97 Å². The van der Waals surface area contributed by atoms with Crippen LogP contribution in [-0.2, 0) is 13.6 Å². The van der Waals surface area contributed by atoms with Crippen LogP contribution in [0.4, 0.5) is 5.95 Å². The Bertz CT molecular complexity index is 409. The molecule has 2 heterocycles. The lowest BCUT2D eigenvalue weighted by molar-refractivity contribution is 0.556. The SMILES string of the molecule is Cn1c(I)cnc1NCc1cocn1. The number of hydrogen-bond donors (Lipinski definition) is 1. The monoisotopic (exact) mass is 304 g/mol. The van der Waals surface area contributed by atoms with Gasteiger partial charge in [-0.3, -0.25) is 0 Å². The molecule has 0 bridgehead atoms. The highest BCUT2D eigenvalue weighted by Crippen LogP contribution is 2.10. The minimum atomic E-state index is 0.622. The molecule has 0 saturated carbocycles. The van der Waals surface area contributed by atoms with E-state index in [4.69, 9.17) is 4.42 Å². The number of oxazole rings is 1. The molecule has 2 aromatic heterocycles. The molecule has 5 nitrogen and oxygen atoms in total. The first-order valence-electron chi connectivity index (χ1n) is 4.05. The fraction of sp³-hybridized carbons (Fsp3) is 0.250. The largest absolute Gasteiger partial charge is 0.451 e. The standard InChI is InChI=1S/C8H9IN4O/c1-13-7(9)3-11-8(13)10-2-6-4-14-5-12-6/h3-5H,2H2,1H3,(H,10,11). The Labute approximate surface area is 94.7 Å². The summed E-state index contributed by atoms with van der Waals surface area (Å²) in [6.45, 7) is 0.622. The molecule has 0 fully saturated rings. The van der Waals surface area contributed by atoms with Crippen molar-refractivity contribution in [3.8, 4) is 0 Å². The van der Waals surface area contributed by atoms with Gasteiger partial charge in [0.2, 0.25) is 5.95 Å². The summed E-state index contributed by atoms with van der Waals surface area (Å²) in [6, 6.07) is 0. The number of nitrogens with zero attached hydrogens (tertiary/aromatic N) is 3. The van der Waals surface area contributed by atoms with Crippen LogP contribution >= 0.6 is 22.6 Å². The van der Waals surface area contributed by atoms with Crippen LogP contribution in [0.3, 0.4) is 0 Å². The molecule has 0 aliphatic heterocycles. The van der Waals surface area contributed by atoms with Crippen LogP contribution in [0.15, 0.2) is 23.3 Å². The lowest BCUT2D eigenvalue weighted by atomic mass is 10.5. The quantitative estimate of drug-likeness (QED) is 0.876. The molecule has 6 heteroatoms. The highest BCUT2D eigenvalue weighted by molar-refractivity contribution is 14.1. The van der Waals surface area contributed by atoms with Gasteiger partial charge >= 0.3 is 0 Å². The Balaban J connectivity index is 2.02. The van der Waals surface area contributed by atoms with Gasteiger partial charge in [0.05, 0.1) is 18.4 Å². The van der Waals surface area contributed by atoms with Gasteiger partial charge in [0.1, 0.15) is 9.96 Å². The second-order valence-electron chi connectivity index (χ2n) is 2.80. The van der Waals surface area contributed by atoms with E-state index in [0.717, 1.165) is 15.3 Å². The van der Waals surface area contributed by atoms with Crippen molar-refractivity contribution < 1.29 is 4.42 Å². The molecular weight excluding hydrogens is 295 g/mol. The fourth-order valence-electron chi connectivity index (χ4n) is 1.05. The topological polar surface area (TPSA) is 55.9 Å². The summed E-state index contributed by atoms with van der Waals surface area (Å²) in [5.74, 6) is 0.831. The zero-order valence-corrected chi connectivity index (χ0v) is 9.72. The Kier molecular flexibility index (Phi) is 2.71. The summed E-state index contributed by atoms with van der Waals surface area (Å²) in [5, 5.41) is 3.16. The lowest BCUT2D eigenvalue weighted by Gasteiger charge is -2.03. The van der Waals surface area contributed by atoms with E-state index >= 15 is 0 Å². The number of aromatic nitrogens is 3. The average molecular weight is 304 g/mol. The number of anilines is 1. The minimum absolute atomic E-state index is 0.622. The van der Waals surface area contributed by atoms with Crippen molar-refractivity contribution in [2.45, 2.75) is 6.54 Å². The van der Waals surface area contributed by atoms with Gasteiger partial charge in [-0.15, -0.1) is 0 Å². The molecule has 14 heavy (non-hydrogen) atoms. The van der Waals surface area contributed by atoms with Gasteiger partial charge in [0.15, 0.2) is 6.39 Å². The maximum Gasteiger partial charge on any atom is 0.203 e. The van der Waals surface area contributed by atoms with E-state index in [1.165, 1.54) is 6.39 Å². The summed E-state index contributed by atoms with van der Waals surface area (Å²) in [6.07, 6.45) is 4.84. The van der Waals surface area contributed by atoms with Crippen molar-refractivity contribution in [1.82, 2.24) is 14.5 Å². The van der Waals surface area contributed by atoms with Gasteiger partial charge in [-0.2, -0.15) is 0 Å². The molecule has 2 rings (SSSR count). The number of nitrogens with one attached hydrogen (secondary N) is 1. The number of hydrogen-bond acceptors (Lipinski definition) is 4. The van der Waals surface area contributed by atoms with E-state index in [-0.39, 0.29) is 0 Å². The first-order chi connectivity index (χ1) is 6.77. The molecule has 0 spiro atoms. The van der Waals surface area contributed by atoms with E-state index in [9.17, 15) is 0 Å². The summed E-state index contributed by atoms with van der Waals surface area (Å²) >= 11 is 2.22. The third-order valence-electron chi connectivity index (χ3n) is 1.84. The second kappa shape index (κ2) is 3.99. The molecular formula is C8H9IN4O. The Morgan fingerprint density at radius 2 is 2.43 bits per heavy atom. The van der Waals surface area contributed by atoms with Crippen LogP contribution in [0.1, 0.15) is 5.69 Å². The van der Waals surface area contributed by atoms with Crippen molar-refractivity contribution >= 4 is 28.5 Å². The van der Waals surface area contributed by atoms with E-state index < -0.39 is 0 Å². The molecule has 0 aliphatic carbocycles. The van der Waals surface area contributed by atoms with E-state index in [2.05, 4.69) is 37.9 Å². The van der Waals surface area contributed by atoms with E-state index in [0.29, 0.717) is 6.54 Å². The van der Waals surface area contributed by atoms with Gasteiger partial charge in [0.25, 0.3) is 0 Å². The van der Waals surface area contributed by atoms with Crippen molar-refractivity contribution in [2.75, 3.05) is 5.32 Å². The lowest BCUT2D eigenvalue weighted by Crippen LogP contribution is -2.05. The van der Waals surface area contributed by atoms with Crippen molar-refractivity contribution in [3.05, 3.63) is 28.2 Å². The van der Waals surface area contributed by atoms with Gasteiger partial charge < -0.3 is 14.3 Å². The zero-order chi connectivity index (χ0) is 9.97. The first kappa shape index (κ1) is 9.50. The maximum atomic E-state index is 4.86. The number of imidazole rings is 1. The molecule has 0 amide bonds. The molecule has 0 unspecified atom stereocenters. The van der Waals surface area contributed by atoms with Crippen LogP contribution in [0.25, 0.3) is 0 Å². The van der Waals surface area contributed by atoms with Crippen LogP contribution in [-0.4, -0.2) is 14.5 Å². The van der Waals surface area contributed by atoms with Crippen LogP contribution in [0.5, 0.6) is 0 Å². The number of halogens is 1. The molecule has 0 radical (unpaired) electrons. The summed E-state index contributed by atoms with van der Waals surface area (Å²) < 4.78 is 7.92. The number of rotatable bonds is 3. The molecule has 1 N–H and O–H groups in total. The van der Waals surface area contributed by atoms with Gasteiger partial charge in [-0.1, -0.05) is 0 Å². The minimum Gasteiger partial charge on any atom is -0.451 e. The van der Waals surface area contributed by atoms with Crippen LogP contribution in [0.2, 0.25) is 0 Å². The molecule has 0 atom stereocenters. The molecule has 74 valence electrons. The molecule has 0 aliphatic rings. The second-order valence-corrected chi connectivity index (χ2v) is 3.90. The average Bonchev–Trinajstić information content (AvgIpc) is 2.77. The Morgan fingerprint density at radius 3 is 3.00 bits per heavy atom. The maximum absolute atomic E-state index is 4.86.